The second-order valence-corrected chi connectivity index (χ2v) is 24.4. The summed E-state index contributed by atoms with van der Waals surface area (Å²) in [6, 6.07) is 63.5. The van der Waals surface area contributed by atoms with Crippen molar-refractivity contribution < 1.29 is 176 Å². The summed E-state index contributed by atoms with van der Waals surface area (Å²) < 4.78 is 57.3. The van der Waals surface area contributed by atoms with Crippen LogP contribution >= 0.6 is 0 Å². The molecule has 22 nitrogen and oxygen atoms in total. The van der Waals surface area contributed by atoms with Crippen LogP contribution in [0.5, 0.6) is 46.0 Å². The molecule has 8 aromatic rings. The van der Waals surface area contributed by atoms with Crippen molar-refractivity contribution >= 4 is 23.6 Å². The van der Waals surface area contributed by atoms with Crippen LogP contribution < -0.4 is 142 Å². The van der Waals surface area contributed by atoms with Crippen molar-refractivity contribution in [1.29, 1.82) is 0 Å². The van der Waals surface area contributed by atoms with Crippen LogP contribution in [0.4, 0.5) is 0 Å². The maximum absolute atomic E-state index is 13.4. The van der Waals surface area contributed by atoms with E-state index < -0.39 is 24.4 Å². The summed E-state index contributed by atoms with van der Waals surface area (Å²) in [5.74, 6) is 2.89. The Kier molecular flexibility index (Phi) is 54.4. The first-order valence-electron chi connectivity index (χ1n) is 37.2. The van der Waals surface area contributed by atoms with Crippen LogP contribution in [0.3, 0.4) is 0 Å². The molecule has 0 radical (unpaired) electrons. The Balaban J connectivity index is 0.000000686. The molecule has 0 spiro atoms. The van der Waals surface area contributed by atoms with Crippen LogP contribution in [-0.2, 0) is 9.47 Å². The fourth-order valence-electron chi connectivity index (χ4n) is 10.4. The Bertz CT molecular complexity index is 3270. The van der Waals surface area contributed by atoms with Crippen molar-refractivity contribution in [3.05, 3.63) is 241 Å². The monoisotopic (exact) mass is 1550 g/mol. The molecule has 0 aliphatic heterocycles. The third kappa shape index (κ3) is 38.5. The van der Waals surface area contributed by atoms with E-state index in [0.717, 1.165) is 0 Å². The Morgan fingerprint density at radius 3 is 0.676 bits per heavy atom. The molecule has 0 aliphatic carbocycles. The zero-order chi connectivity index (χ0) is 77.9. The number of aliphatic hydroxyl groups is 1. The fourth-order valence-corrected chi connectivity index (χ4v) is 10.4. The van der Waals surface area contributed by atoms with E-state index in [1.807, 2.05) is 82.3 Å². The van der Waals surface area contributed by atoms with E-state index in [0.29, 0.717) is 94.7 Å². The fraction of sp³-hybridized carbons (Fsp3) is 0.395. The Morgan fingerprint density at radius 1 is 0.288 bits per heavy atom. The van der Waals surface area contributed by atoms with Crippen molar-refractivity contribution in [3.8, 4) is 46.0 Å². The van der Waals surface area contributed by atoms with Gasteiger partial charge in [0.2, 0.25) is 0 Å². The van der Waals surface area contributed by atoms with E-state index >= 15 is 0 Å². The Morgan fingerprint density at radius 2 is 0.468 bits per heavy atom. The van der Waals surface area contributed by atoms with Crippen LogP contribution in [0.25, 0.3) is 0 Å². The predicted molar refractivity (Wildman–Crippen MR) is 413 cm³/mol. The maximum Gasteiger partial charge on any atom is 1.00 e. The van der Waals surface area contributed by atoms with Gasteiger partial charge in [0.1, 0.15) is 12.7 Å². The molecule has 0 fully saturated rings. The molecule has 0 aliphatic rings. The number of rotatable bonds is 44. The molecule has 584 valence electrons. The van der Waals surface area contributed by atoms with Gasteiger partial charge in [-0.05, 0) is 125 Å². The molecule has 4 atom stereocenters. The van der Waals surface area contributed by atoms with E-state index in [2.05, 4.69) is 27.7 Å². The minimum atomic E-state index is -1.25. The Hall–Kier alpha value is -7.20. The standard InChI is InChI=1S/C40H47N2O9.C40H46N2O9.2C3H8.3Na/c2*1-3-48-35-19-11-13-21-37(35)50-29-33(43)27-41(39(45)31-15-7-5-8-16-31)23-25-47-26-24-42(40(46)32-17-9-6-10-18-32)28-34(44)30-51-38-22-14-12-20-36(38)49-4-2;2*1-3-2;;;/h5-22,33-34,43H,3-4,23-30H2,1-2H3;5-22,33-34H,3-4,23-30H2,1-2H3;2*3H2,1-2H3;;;/q-1;-2;;;3*+1. The molecular weight excluding hydrogens is 1450 g/mol. The van der Waals surface area contributed by atoms with Gasteiger partial charge in [-0.2, -0.15) is 0 Å². The number of amides is 4. The topological polar surface area (TPSA) is 263 Å². The molecule has 8 rings (SSSR count). The number of nitrogens with zero attached hydrogens (tertiary/aromatic N) is 4. The van der Waals surface area contributed by atoms with Gasteiger partial charge in [0.15, 0.2) is 46.0 Å². The van der Waals surface area contributed by atoms with Gasteiger partial charge in [0, 0.05) is 68.1 Å². The molecule has 4 amide bonds. The number of carbonyl (C=O) groups excluding carboxylic acids is 4. The average molecular weight is 1560 g/mol. The van der Waals surface area contributed by atoms with Gasteiger partial charge in [-0.3, -0.25) is 19.2 Å². The summed E-state index contributed by atoms with van der Waals surface area (Å²) in [6.45, 7) is 17.9. The summed E-state index contributed by atoms with van der Waals surface area (Å²) >= 11 is 0. The first-order valence-corrected chi connectivity index (χ1v) is 37.2. The largest absolute Gasteiger partial charge is 1.00 e. The third-order valence-corrected chi connectivity index (χ3v) is 15.3. The summed E-state index contributed by atoms with van der Waals surface area (Å²) in [4.78, 5) is 59.6. The molecule has 0 bridgehead atoms. The quantitative estimate of drug-likeness (QED) is 0.0422. The van der Waals surface area contributed by atoms with E-state index in [-0.39, 0.29) is 218 Å². The SMILES string of the molecule is CCC.CCC.CCOc1ccccc1OCC([O-])CN(CCOCCN(CC(O)COc1ccccc1OCC)C(=O)c1ccccc1)C(=O)c1ccccc1.CCOc1ccccc1OCC([O-])CN(CCOCCN(CC([O-])COc1ccccc1OCC)C(=O)c1ccccc1)C(=O)c1ccccc1.[Na+].[Na+].[Na+]. The summed E-state index contributed by atoms with van der Waals surface area (Å²) in [5, 5.41) is 50.2. The van der Waals surface area contributed by atoms with Crippen molar-refractivity contribution in [2.24, 2.45) is 0 Å². The molecular formula is C86H109N4Na3O18. The zero-order valence-electron chi connectivity index (χ0n) is 66.8. The van der Waals surface area contributed by atoms with Gasteiger partial charge < -0.3 is 87.4 Å². The molecule has 111 heavy (non-hydrogen) atoms. The molecule has 0 heterocycles. The summed E-state index contributed by atoms with van der Waals surface area (Å²) in [6.07, 6.45) is -2.23. The number of hydrogen-bond acceptors (Lipinski definition) is 18. The predicted octanol–water partition coefficient (Wildman–Crippen LogP) is 1.88. The third-order valence-electron chi connectivity index (χ3n) is 15.3. The van der Waals surface area contributed by atoms with Gasteiger partial charge in [0.05, 0.1) is 79.2 Å². The number of hydrogen-bond donors (Lipinski definition) is 1. The van der Waals surface area contributed by atoms with Gasteiger partial charge in [-0.25, -0.2) is 0 Å². The van der Waals surface area contributed by atoms with E-state index in [4.69, 9.17) is 47.4 Å². The second-order valence-electron chi connectivity index (χ2n) is 24.4. The van der Waals surface area contributed by atoms with Crippen LogP contribution in [-0.4, -0.2) is 204 Å². The van der Waals surface area contributed by atoms with Crippen molar-refractivity contribution in [2.45, 2.75) is 92.6 Å². The minimum absolute atomic E-state index is 0. The number of para-hydroxylation sites is 8. The van der Waals surface area contributed by atoms with Gasteiger partial charge in [-0.15, -0.1) is 0 Å². The minimum Gasteiger partial charge on any atom is -0.848 e. The molecule has 1 N–H and O–H groups in total. The van der Waals surface area contributed by atoms with E-state index in [9.17, 15) is 39.6 Å². The zero-order valence-corrected chi connectivity index (χ0v) is 72.8. The summed E-state index contributed by atoms with van der Waals surface area (Å²) in [5.41, 5.74) is 1.81. The van der Waals surface area contributed by atoms with Crippen molar-refractivity contribution in [1.82, 2.24) is 19.6 Å². The number of aliphatic hydroxyl groups excluding tert-OH is 1. The molecule has 0 saturated carbocycles. The van der Waals surface area contributed by atoms with Crippen LogP contribution in [0.2, 0.25) is 0 Å². The van der Waals surface area contributed by atoms with E-state index in [1.165, 1.54) is 32.4 Å². The number of ether oxygens (including phenoxy) is 10. The smallest absolute Gasteiger partial charge is 0.848 e. The van der Waals surface area contributed by atoms with Gasteiger partial charge in [0.25, 0.3) is 23.6 Å². The van der Waals surface area contributed by atoms with Crippen molar-refractivity contribution in [2.75, 3.05) is 132 Å². The molecule has 0 aromatic heterocycles. The van der Waals surface area contributed by atoms with Gasteiger partial charge >= 0.3 is 88.7 Å². The maximum atomic E-state index is 13.4. The number of carbonyl (C=O) groups is 4. The molecule has 25 heteroatoms. The first kappa shape index (κ1) is 99.9. The van der Waals surface area contributed by atoms with E-state index in [1.54, 1.807) is 164 Å². The molecule has 4 unspecified atom stereocenters. The normalized spacial score (nSPS) is 11.4. The van der Waals surface area contributed by atoms with Crippen LogP contribution in [0.1, 0.15) is 110 Å². The number of benzene rings is 8. The first-order chi connectivity index (χ1) is 52.6. The molecule has 0 saturated heterocycles. The Labute approximate surface area is 723 Å². The van der Waals surface area contributed by atoms with Crippen molar-refractivity contribution in [3.63, 3.8) is 0 Å². The average Bonchev–Trinajstić information content (AvgIpc) is 0.873. The summed E-state index contributed by atoms with van der Waals surface area (Å²) in [7, 11) is 0. The second kappa shape index (κ2) is 60.4. The van der Waals surface area contributed by atoms with Crippen LogP contribution in [0.15, 0.2) is 218 Å². The van der Waals surface area contributed by atoms with Gasteiger partial charge in [-0.1, -0.05) is 180 Å². The van der Waals surface area contributed by atoms with Crippen LogP contribution in [0, 0.1) is 0 Å². The molecule has 8 aromatic carbocycles.